The number of nitrogens with zero attached hydrogens (tertiary/aromatic N) is 4. The van der Waals surface area contributed by atoms with Crippen LogP contribution in [0.1, 0.15) is 36.1 Å². The van der Waals surface area contributed by atoms with Crippen LogP contribution in [0.15, 0.2) is 48.5 Å². The van der Waals surface area contributed by atoms with E-state index in [-0.39, 0.29) is 34.1 Å². The SMILES string of the molecule is C[Si]1(C)CCN(c2c(F)cc(N3[C@H](c4ccc([N+](=O)[O-])c(N)c4)CC[C@H]3c3ccc([N+](=O)[O-])c(N)c3)cc2F)CC1. The van der Waals surface area contributed by atoms with Crippen molar-refractivity contribution in [3.63, 3.8) is 0 Å². The van der Waals surface area contributed by atoms with Gasteiger partial charge in [0.1, 0.15) is 17.1 Å². The molecule has 10 nitrogen and oxygen atoms in total. The number of benzene rings is 3. The highest BCUT2D eigenvalue weighted by molar-refractivity contribution is 6.77. The molecule has 3 aromatic rings. The van der Waals surface area contributed by atoms with Crippen LogP contribution in [0, 0.1) is 31.9 Å². The van der Waals surface area contributed by atoms with Gasteiger partial charge in [-0.25, -0.2) is 8.78 Å². The molecule has 0 bridgehead atoms. The molecule has 0 spiro atoms. The molecule has 2 saturated heterocycles. The fourth-order valence-corrected chi connectivity index (χ4v) is 8.06. The van der Waals surface area contributed by atoms with Crippen molar-refractivity contribution >= 4 is 42.2 Å². The van der Waals surface area contributed by atoms with E-state index in [1.165, 1.54) is 36.4 Å². The van der Waals surface area contributed by atoms with Crippen molar-refractivity contribution in [3.05, 3.63) is 91.5 Å². The van der Waals surface area contributed by atoms with E-state index < -0.39 is 41.6 Å². The first-order valence-corrected chi connectivity index (χ1v) is 16.9. The highest BCUT2D eigenvalue weighted by Crippen LogP contribution is 2.49. The molecule has 216 valence electrons. The molecule has 0 amide bonds. The van der Waals surface area contributed by atoms with Gasteiger partial charge in [-0.2, -0.15) is 0 Å². The lowest BCUT2D eigenvalue weighted by Gasteiger charge is -2.38. The van der Waals surface area contributed by atoms with Gasteiger partial charge >= 0.3 is 0 Å². The van der Waals surface area contributed by atoms with Crippen molar-refractivity contribution in [1.82, 2.24) is 0 Å². The maximum Gasteiger partial charge on any atom is 0.292 e. The lowest BCUT2D eigenvalue weighted by Crippen LogP contribution is -2.43. The molecule has 3 aromatic carbocycles. The fourth-order valence-electron chi connectivity index (χ4n) is 6.06. The minimum Gasteiger partial charge on any atom is -0.393 e. The Morgan fingerprint density at radius 2 is 1.24 bits per heavy atom. The second-order valence-electron chi connectivity index (χ2n) is 11.6. The second kappa shape index (κ2) is 10.6. The Bertz CT molecular complexity index is 1430. The van der Waals surface area contributed by atoms with Crippen molar-refractivity contribution in [2.75, 3.05) is 34.4 Å². The van der Waals surface area contributed by atoms with E-state index in [0.717, 1.165) is 12.1 Å². The summed E-state index contributed by atoms with van der Waals surface area (Å²) in [6.07, 6.45) is 1.07. The summed E-state index contributed by atoms with van der Waals surface area (Å²) in [6, 6.07) is 12.6. The number of nitro benzene ring substituents is 2. The Kier molecular flexibility index (Phi) is 7.32. The number of nitrogen functional groups attached to an aromatic ring is 2. The van der Waals surface area contributed by atoms with Gasteiger partial charge in [0.2, 0.25) is 0 Å². The Balaban J connectivity index is 1.57. The van der Waals surface area contributed by atoms with Crippen molar-refractivity contribution < 1.29 is 18.6 Å². The van der Waals surface area contributed by atoms with E-state index in [2.05, 4.69) is 13.1 Å². The zero-order valence-corrected chi connectivity index (χ0v) is 23.8. The summed E-state index contributed by atoms with van der Waals surface area (Å²) >= 11 is 0. The topological polar surface area (TPSA) is 145 Å². The van der Waals surface area contributed by atoms with E-state index >= 15 is 8.78 Å². The lowest BCUT2D eigenvalue weighted by atomic mass is 10.0. The minimum atomic E-state index is -1.36. The third-order valence-electron chi connectivity index (χ3n) is 8.38. The Hall–Kier alpha value is -4.26. The zero-order valence-electron chi connectivity index (χ0n) is 22.8. The minimum absolute atomic E-state index is 0.0141. The third-order valence-corrected chi connectivity index (χ3v) is 11.5. The van der Waals surface area contributed by atoms with E-state index in [1.807, 2.05) is 4.90 Å². The summed E-state index contributed by atoms with van der Waals surface area (Å²) in [6.45, 7) is 5.77. The van der Waals surface area contributed by atoms with Gasteiger partial charge in [0, 0.05) is 30.9 Å². The lowest BCUT2D eigenvalue weighted by molar-refractivity contribution is -0.384. The molecule has 13 heteroatoms. The van der Waals surface area contributed by atoms with Gasteiger partial charge in [-0.3, -0.25) is 20.2 Å². The van der Waals surface area contributed by atoms with Crippen LogP contribution < -0.4 is 21.3 Å². The van der Waals surface area contributed by atoms with Crippen LogP contribution in [0.3, 0.4) is 0 Å². The first-order valence-electron chi connectivity index (χ1n) is 13.5. The smallest absolute Gasteiger partial charge is 0.292 e. The van der Waals surface area contributed by atoms with Gasteiger partial charge < -0.3 is 21.3 Å². The summed E-state index contributed by atoms with van der Waals surface area (Å²) in [5.74, 6) is -1.34. The van der Waals surface area contributed by atoms with E-state index in [9.17, 15) is 20.2 Å². The predicted octanol–water partition coefficient (Wildman–Crippen LogP) is 6.56. The molecule has 2 aliphatic heterocycles. The predicted molar refractivity (Wildman–Crippen MR) is 158 cm³/mol. The molecule has 2 fully saturated rings. The third kappa shape index (κ3) is 5.41. The Morgan fingerprint density at radius 3 is 1.63 bits per heavy atom. The van der Waals surface area contributed by atoms with Crippen LogP contribution in [0.5, 0.6) is 0 Å². The standard InChI is InChI=1S/C28H32F2N6O4Si/c1-41(2)11-9-33(10-12-41)28-20(29)15-19(16-21(28)30)34-24(17-3-5-26(35(37)38)22(31)13-17)7-8-25(34)18-4-6-27(36(39)40)23(32)14-18/h3-6,13-16,24-25H,7-12,31-32H2,1-2H3/t24-,25-/m0/s1. The molecular weight excluding hydrogens is 550 g/mol. The van der Waals surface area contributed by atoms with Crippen LogP contribution in [-0.2, 0) is 0 Å². The number of halogens is 2. The quantitative estimate of drug-likeness (QED) is 0.144. The summed E-state index contributed by atoms with van der Waals surface area (Å²) in [4.78, 5) is 25.1. The van der Waals surface area contributed by atoms with Crippen LogP contribution in [0.4, 0.5) is 42.9 Å². The van der Waals surface area contributed by atoms with Crippen LogP contribution in [0.25, 0.3) is 0 Å². The molecule has 0 unspecified atom stereocenters. The number of anilines is 4. The number of nitrogens with two attached hydrogens (primary N) is 2. The largest absolute Gasteiger partial charge is 0.393 e. The highest BCUT2D eigenvalue weighted by Gasteiger charge is 2.38. The summed E-state index contributed by atoms with van der Waals surface area (Å²) in [7, 11) is -1.36. The molecule has 5 rings (SSSR count). The van der Waals surface area contributed by atoms with Gasteiger partial charge in [0.15, 0.2) is 11.6 Å². The van der Waals surface area contributed by atoms with Gasteiger partial charge in [-0.1, -0.05) is 13.1 Å². The molecular formula is C28H32F2N6O4Si. The monoisotopic (exact) mass is 582 g/mol. The summed E-state index contributed by atoms with van der Waals surface area (Å²) in [5.41, 5.74) is 13.0. The van der Waals surface area contributed by atoms with E-state index in [4.69, 9.17) is 11.5 Å². The second-order valence-corrected chi connectivity index (χ2v) is 16.9. The molecule has 2 aliphatic rings. The molecule has 0 saturated carbocycles. The van der Waals surface area contributed by atoms with Crippen molar-refractivity contribution in [2.45, 2.75) is 50.1 Å². The number of hydrogen-bond acceptors (Lipinski definition) is 8. The van der Waals surface area contributed by atoms with Crippen LogP contribution in [-0.4, -0.2) is 31.0 Å². The molecule has 0 radical (unpaired) electrons. The van der Waals surface area contributed by atoms with Crippen molar-refractivity contribution in [3.8, 4) is 0 Å². The molecule has 2 atom stereocenters. The van der Waals surface area contributed by atoms with E-state index in [0.29, 0.717) is 37.1 Å². The van der Waals surface area contributed by atoms with Gasteiger partial charge in [0.05, 0.1) is 30.0 Å². The average Bonchev–Trinajstić information content (AvgIpc) is 3.34. The Labute approximate surface area is 236 Å². The molecule has 4 N–H and O–H groups in total. The molecule has 41 heavy (non-hydrogen) atoms. The number of nitro groups is 2. The maximum atomic E-state index is 15.7. The van der Waals surface area contributed by atoms with Crippen molar-refractivity contribution in [1.29, 1.82) is 0 Å². The average molecular weight is 583 g/mol. The van der Waals surface area contributed by atoms with Gasteiger partial charge in [-0.15, -0.1) is 0 Å². The maximum absolute atomic E-state index is 15.7. The zero-order chi connectivity index (χ0) is 29.6. The van der Waals surface area contributed by atoms with Gasteiger partial charge in [0.25, 0.3) is 11.4 Å². The molecule has 2 heterocycles. The summed E-state index contributed by atoms with van der Waals surface area (Å²) in [5, 5.41) is 22.7. The fraction of sp³-hybridized carbons (Fsp3) is 0.357. The summed E-state index contributed by atoms with van der Waals surface area (Å²) < 4.78 is 31.5. The first-order chi connectivity index (χ1) is 19.4. The number of hydrogen-bond donors (Lipinski definition) is 2. The normalized spacial score (nSPS) is 20.3. The van der Waals surface area contributed by atoms with E-state index in [1.54, 1.807) is 17.0 Å². The highest BCUT2D eigenvalue weighted by atomic mass is 28.3. The van der Waals surface area contributed by atoms with Crippen LogP contribution >= 0.6 is 0 Å². The van der Waals surface area contributed by atoms with Crippen LogP contribution in [0.2, 0.25) is 25.2 Å². The first kappa shape index (κ1) is 28.3. The Morgan fingerprint density at radius 1 is 0.805 bits per heavy atom. The van der Waals surface area contributed by atoms with Gasteiger partial charge in [-0.05, 0) is 72.5 Å². The number of rotatable bonds is 6. The molecule has 0 aromatic heterocycles. The van der Waals surface area contributed by atoms with Crippen molar-refractivity contribution in [2.24, 2.45) is 0 Å². The molecule has 0 aliphatic carbocycles.